The first-order chi connectivity index (χ1) is 9.95. The molecule has 21 heavy (non-hydrogen) atoms. The number of urea groups is 1. The molecule has 0 aliphatic carbocycles. The molecule has 3 N–H and O–H groups in total. The van der Waals surface area contributed by atoms with E-state index >= 15 is 0 Å². The number of carboxylic acids is 1. The van der Waals surface area contributed by atoms with E-state index in [0.29, 0.717) is 19.5 Å². The Morgan fingerprint density at radius 3 is 2.76 bits per heavy atom. The number of nitrogens with zero attached hydrogens (tertiary/aromatic N) is 1. The molecule has 8 heteroatoms. The van der Waals surface area contributed by atoms with E-state index in [2.05, 4.69) is 10.6 Å². The molecule has 0 radical (unpaired) electrons. The summed E-state index contributed by atoms with van der Waals surface area (Å²) < 4.78 is 0. The van der Waals surface area contributed by atoms with E-state index in [-0.39, 0.29) is 30.7 Å². The number of piperidine rings is 2. The van der Waals surface area contributed by atoms with Gasteiger partial charge < -0.3 is 15.3 Å². The van der Waals surface area contributed by atoms with E-state index in [0.717, 1.165) is 12.8 Å². The molecule has 116 valence electrons. The quantitative estimate of drug-likeness (QED) is 0.618. The third-order valence-corrected chi connectivity index (χ3v) is 3.81. The minimum atomic E-state index is -0.868. The minimum Gasteiger partial charge on any atom is -0.481 e. The van der Waals surface area contributed by atoms with Crippen molar-refractivity contribution in [2.24, 2.45) is 5.92 Å². The van der Waals surface area contributed by atoms with Crippen molar-refractivity contribution in [3.8, 4) is 0 Å². The summed E-state index contributed by atoms with van der Waals surface area (Å²) >= 11 is 0. The second-order valence-electron chi connectivity index (χ2n) is 5.51. The molecule has 8 nitrogen and oxygen atoms in total. The van der Waals surface area contributed by atoms with Gasteiger partial charge in [-0.3, -0.25) is 19.7 Å². The zero-order valence-electron chi connectivity index (χ0n) is 11.6. The molecular formula is C13H19N3O5. The van der Waals surface area contributed by atoms with E-state index < -0.39 is 17.9 Å². The van der Waals surface area contributed by atoms with Gasteiger partial charge in [-0.2, -0.15) is 0 Å². The highest BCUT2D eigenvalue weighted by molar-refractivity contribution is 6.01. The van der Waals surface area contributed by atoms with Crippen LogP contribution in [-0.2, 0) is 14.4 Å². The van der Waals surface area contributed by atoms with Crippen LogP contribution in [0.3, 0.4) is 0 Å². The molecule has 0 saturated carbocycles. The number of hydrogen-bond acceptors (Lipinski definition) is 4. The van der Waals surface area contributed by atoms with Gasteiger partial charge in [-0.25, -0.2) is 4.79 Å². The smallest absolute Gasteiger partial charge is 0.318 e. The maximum atomic E-state index is 12.1. The molecule has 4 amide bonds. The van der Waals surface area contributed by atoms with Crippen molar-refractivity contribution < 1.29 is 24.3 Å². The number of hydrogen-bond donors (Lipinski definition) is 3. The number of carboxylic acid groups (broad SMARTS) is 1. The van der Waals surface area contributed by atoms with E-state index in [9.17, 15) is 19.2 Å². The van der Waals surface area contributed by atoms with Crippen LogP contribution in [0, 0.1) is 5.92 Å². The van der Waals surface area contributed by atoms with Crippen LogP contribution < -0.4 is 10.6 Å². The van der Waals surface area contributed by atoms with Crippen LogP contribution in [0.15, 0.2) is 0 Å². The second kappa shape index (κ2) is 6.55. The molecule has 0 aromatic carbocycles. The fourth-order valence-electron chi connectivity index (χ4n) is 2.73. The highest BCUT2D eigenvalue weighted by atomic mass is 16.4. The Morgan fingerprint density at radius 1 is 1.33 bits per heavy atom. The number of amides is 4. The Kier molecular flexibility index (Phi) is 4.77. The van der Waals surface area contributed by atoms with Crippen molar-refractivity contribution in [2.45, 2.75) is 38.1 Å². The Balaban J connectivity index is 1.86. The van der Waals surface area contributed by atoms with Crippen molar-refractivity contribution in [1.29, 1.82) is 0 Å². The number of imide groups is 1. The summed E-state index contributed by atoms with van der Waals surface area (Å²) in [6.45, 7) is 0.931. The van der Waals surface area contributed by atoms with E-state index in [4.69, 9.17) is 5.11 Å². The lowest BCUT2D eigenvalue weighted by atomic mass is 9.95. The fraction of sp³-hybridized carbons (Fsp3) is 0.692. The lowest BCUT2D eigenvalue weighted by Gasteiger charge is -2.33. The van der Waals surface area contributed by atoms with Gasteiger partial charge in [0.25, 0.3) is 0 Å². The van der Waals surface area contributed by atoms with Crippen LogP contribution in [0.25, 0.3) is 0 Å². The number of likely N-dealkylation sites (tertiary alicyclic amines) is 1. The maximum Gasteiger partial charge on any atom is 0.318 e. The van der Waals surface area contributed by atoms with E-state index in [1.165, 1.54) is 0 Å². The van der Waals surface area contributed by atoms with E-state index in [1.807, 2.05) is 0 Å². The molecule has 0 aromatic rings. The van der Waals surface area contributed by atoms with Crippen LogP contribution in [0.5, 0.6) is 0 Å². The highest BCUT2D eigenvalue weighted by Gasteiger charge is 2.31. The Labute approximate surface area is 121 Å². The monoisotopic (exact) mass is 297 g/mol. The van der Waals surface area contributed by atoms with Gasteiger partial charge in [0.05, 0.1) is 0 Å². The van der Waals surface area contributed by atoms with E-state index in [1.54, 1.807) is 4.90 Å². The number of carbonyl (C=O) groups excluding carboxylic acids is 3. The van der Waals surface area contributed by atoms with Crippen molar-refractivity contribution in [2.75, 3.05) is 13.1 Å². The molecule has 2 saturated heterocycles. The highest BCUT2D eigenvalue weighted by Crippen LogP contribution is 2.19. The Bertz CT molecular complexity index is 465. The lowest BCUT2D eigenvalue weighted by Crippen LogP contribution is -2.56. The first-order valence-corrected chi connectivity index (χ1v) is 7.06. The standard InChI is InChI=1S/C13H19N3O5/c17-10-4-3-9(12(20)15-10)14-13(21)16-5-1-2-8(7-16)6-11(18)19/h8-9H,1-7H2,(H,14,21)(H,18,19)(H,15,17,20). The zero-order valence-corrected chi connectivity index (χ0v) is 11.6. The van der Waals surface area contributed by atoms with Crippen molar-refractivity contribution >= 4 is 23.8 Å². The van der Waals surface area contributed by atoms with Gasteiger partial charge in [-0.15, -0.1) is 0 Å². The number of rotatable bonds is 3. The number of aliphatic carboxylic acids is 1. The molecule has 0 bridgehead atoms. The first kappa shape index (κ1) is 15.3. The van der Waals surface area contributed by atoms with Crippen LogP contribution in [0.1, 0.15) is 32.1 Å². The average Bonchev–Trinajstić information content (AvgIpc) is 2.41. The van der Waals surface area contributed by atoms with Gasteiger partial charge in [0.1, 0.15) is 6.04 Å². The third kappa shape index (κ3) is 4.17. The van der Waals surface area contributed by atoms with Crippen molar-refractivity contribution in [3.05, 3.63) is 0 Å². The van der Waals surface area contributed by atoms with Crippen LogP contribution in [-0.4, -0.2) is 53.0 Å². The SMILES string of the molecule is O=C(O)CC1CCCN(C(=O)NC2CCC(=O)NC2=O)C1. The Morgan fingerprint density at radius 2 is 2.10 bits per heavy atom. The van der Waals surface area contributed by atoms with Gasteiger partial charge in [-0.05, 0) is 25.2 Å². The summed E-state index contributed by atoms with van der Waals surface area (Å²) in [4.78, 5) is 47.0. The largest absolute Gasteiger partial charge is 0.481 e. The summed E-state index contributed by atoms with van der Waals surface area (Å²) in [5, 5.41) is 13.6. The predicted molar refractivity (Wildman–Crippen MR) is 71.3 cm³/mol. The van der Waals surface area contributed by atoms with Gasteiger partial charge >= 0.3 is 12.0 Å². The van der Waals surface area contributed by atoms with Gasteiger partial charge in [0.2, 0.25) is 11.8 Å². The van der Waals surface area contributed by atoms with Gasteiger partial charge in [0, 0.05) is 25.9 Å². The topological polar surface area (TPSA) is 116 Å². The summed E-state index contributed by atoms with van der Waals surface area (Å²) in [6, 6.07) is -1.07. The molecule has 2 aliphatic heterocycles. The molecule has 0 aromatic heterocycles. The molecule has 2 unspecified atom stereocenters. The first-order valence-electron chi connectivity index (χ1n) is 7.06. The fourth-order valence-corrected chi connectivity index (χ4v) is 2.73. The summed E-state index contributed by atoms with van der Waals surface area (Å²) in [7, 11) is 0. The third-order valence-electron chi connectivity index (χ3n) is 3.81. The second-order valence-corrected chi connectivity index (χ2v) is 5.51. The summed E-state index contributed by atoms with van der Waals surface area (Å²) in [5.41, 5.74) is 0. The average molecular weight is 297 g/mol. The summed E-state index contributed by atoms with van der Waals surface area (Å²) in [5.74, 6) is -1.74. The van der Waals surface area contributed by atoms with Crippen molar-refractivity contribution in [3.63, 3.8) is 0 Å². The molecule has 2 heterocycles. The zero-order chi connectivity index (χ0) is 15.4. The molecular weight excluding hydrogens is 278 g/mol. The normalized spacial score (nSPS) is 26.2. The van der Waals surface area contributed by atoms with Gasteiger partial charge in [-0.1, -0.05) is 0 Å². The molecule has 2 aliphatic rings. The Hall–Kier alpha value is -2.12. The van der Waals surface area contributed by atoms with Crippen LogP contribution in [0.2, 0.25) is 0 Å². The molecule has 2 fully saturated rings. The van der Waals surface area contributed by atoms with Crippen LogP contribution >= 0.6 is 0 Å². The summed E-state index contributed by atoms with van der Waals surface area (Å²) in [6.07, 6.45) is 2.08. The van der Waals surface area contributed by atoms with Crippen LogP contribution in [0.4, 0.5) is 4.79 Å². The molecule has 2 rings (SSSR count). The number of nitrogens with one attached hydrogen (secondary N) is 2. The molecule has 2 atom stereocenters. The van der Waals surface area contributed by atoms with Gasteiger partial charge in [0.15, 0.2) is 0 Å². The minimum absolute atomic E-state index is 0.0438. The number of carbonyl (C=O) groups is 4. The molecule has 0 spiro atoms. The maximum absolute atomic E-state index is 12.1. The lowest BCUT2D eigenvalue weighted by molar-refractivity contribution is -0.138. The predicted octanol–water partition coefficient (Wildman–Crippen LogP) is -0.312. The van der Waals surface area contributed by atoms with Crippen molar-refractivity contribution in [1.82, 2.24) is 15.5 Å².